The largest absolute Gasteiger partial charge is 0.378 e. The minimum Gasteiger partial charge on any atom is -0.378 e. The van der Waals surface area contributed by atoms with Crippen LogP contribution in [0.15, 0.2) is 24.3 Å². The Balaban J connectivity index is 1.92. The summed E-state index contributed by atoms with van der Waals surface area (Å²) in [6, 6.07) is 8.29. The Morgan fingerprint density at radius 2 is 1.94 bits per heavy atom. The van der Waals surface area contributed by atoms with Crippen LogP contribution in [0.25, 0.3) is 0 Å². The van der Waals surface area contributed by atoms with Crippen LogP contribution in [0.2, 0.25) is 0 Å². The fraction of sp³-hybridized carbons (Fsp3) is 0.571. The maximum atomic E-state index is 9.57. The summed E-state index contributed by atoms with van der Waals surface area (Å²) >= 11 is 0. The molecule has 1 fully saturated rings. The Labute approximate surface area is 108 Å². The van der Waals surface area contributed by atoms with Gasteiger partial charge in [0.1, 0.15) is 0 Å². The van der Waals surface area contributed by atoms with Gasteiger partial charge in [0.2, 0.25) is 0 Å². The number of ether oxygens (including phenoxy) is 2. The third-order valence-electron chi connectivity index (χ3n) is 3.08. The predicted molar refractivity (Wildman–Crippen MR) is 70.8 cm³/mol. The molecule has 0 amide bonds. The zero-order valence-electron chi connectivity index (χ0n) is 10.8. The molecule has 4 nitrogen and oxygen atoms in total. The maximum Gasteiger partial charge on any atom is 0.158 e. The minimum atomic E-state index is -0.704. The van der Waals surface area contributed by atoms with Gasteiger partial charge in [0.05, 0.1) is 13.2 Å². The molecule has 1 aromatic carbocycles. The molecular weight excluding hydrogens is 230 g/mol. The minimum absolute atomic E-state index is 0.535. The summed E-state index contributed by atoms with van der Waals surface area (Å²) in [5, 5.41) is 9.57. The molecule has 1 aliphatic rings. The van der Waals surface area contributed by atoms with E-state index < -0.39 is 6.29 Å². The fourth-order valence-electron chi connectivity index (χ4n) is 2.12. The van der Waals surface area contributed by atoms with E-state index in [1.165, 1.54) is 5.69 Å². The second kappa shape index (κ2) is 6.73. The number of anilines is 1. The number of rotatable bonds is 5. The summed E-state index contributed by atoms with van der Waals surface area (Å²) in [7, 11) is 0. The summed E-state index contributed by atoms with van der Waals surface area (Å²) in [6.45, 7) is 5.90. The van der Waals surface area contributed by atoms with Crippen molar-refractivity contribution in [1.82, 2.24) is 0 Å². The molecular formula is C14H21NO3. The topological polar surface area (TPSA) is 41.9 Å². The summed E-state index contributed by atoms with van der Waals surface area (Å²) in [5.74, 6) is 0. The quantitative estimate of drug-likeness (QED) is 0.804. The molecule has 0 spiro atoms. The van der Waals surface area contributed by atoms with E-state index in [0.717, 1.165) is 31.9 Å². The molecule has 1 unspecified atom stereocenters. The SMILES string of the molecule is CCOC(O)Cc1ccc(N2CCOCC2)cc1. The molecule has 0 bridgehead atoms. The molecule has 18 heavy (non-hydrogen) atoms. The molecule has 0 aliphatic carbocycles. The molecule has 0 aromatic heterocycles. The van der Waals surface area contributed by atoms with E-state index >= 15 is 0 Å². The molecule has 100 valence electrons. The van der Waals surface area contributed by atoms with Gasteiger partial charge in [0.25, 0.3) is 0 Å². The molecule has 1 atom stereocenters. The number of hydrogen-bond acceptors (Lipinski definition) is 4. The average molecular weight is 251 g/mol. The molecule has 1 heterocycles. The van der Waals surface area contributed by atoms with E-state index in [-0.39, 0.29) is 0 Å². The van der Waals surface area contributed by atoms with Crippen molar-refractivity contribution in [2.24, 2.45) is 0 Å². The van der Waals surface area contributed by atoms with Crippen molar-refractivity contribution < 1.29 is 14.6 Å². The summed E-state index contributed by atoms with van der Waals surface area (Å²) < 4.78 is 10.5. The Kier molecular flexibility index (Phi) is 4.99. The molecule has 0 saturated carbocycles. The van der Waals surface area contributed by atoms with Crippen LogP contribution in [0.4, 0.5) is 5.69 Å². The van der Waals surface area contributed by atoms with Gasteiger partial charge in [-0.25, -0.2) is 0 Å². The highest BCUT2D eigenvalue weighted by atomic mass is 16.6. The summed E-state index contributed by atoms with van der Waals surface area (Å²) in [4.78, 5) is 2.31. The van der Waals surface area contributed by atoms with Crippen molar-refractivity contribution in [2.45, 2.75) is 19.6 Å². The lowest BCUT2D eigenvalue weighted by Crippen LogP contribution is -2.36. The molecule has 1 aromatic rings. The highest BCUT2D eigenvalue weighted by Gasteiger charge is 2.11. The lowest BCUT2D eigenvalue weighted by Gasteiger charge is -2.29. The monoisotopic (exact) mass is 251 g/mol. The standard InChI is InChI=1S/C14H21NO3/c1-2-18-14(16)11-12-3-5-13(6-4-12)15-7-9-17-10-8-15/h3-6,14,16H,2,7-11H2,1H3. The van der Waals surface area contributed by atoms with Crippen LogP contribution in [0.3, 0.4) is 0 Å². The first-order chi connectivity index (χ1) is 8.79. The molecule has 1 saturated heterocycles. The van der Waals surface area contributed by atoms with Gasteiger partial charge in [-0.2, -0.15) is 0 Å². The molecule has 4 heteroatoms. The van der Waals surface area contributed by atoms with Gasteiger partial charge in [0.15, 0.2) is 6.29 Å². The van der Waals surface area contributed by atoms with Crippen molar-refractivity contribution in [3.8, 4) is 0 Å². The zero-order chi connectivity index (χ0) is 12.8. The zero-order valence-corrected chi connectivity index (χ0v) is 10.8. The molecule has 2 rings (SSSR count). The number of hydrogen-bond donors (Lipinski definition) is 1. The highest BCUT2D eigenvalue weighted by molar-refractivity contribution is 5.47. The van der Waals surface area contributed by atoms with Crippen LogP contribution in [0.1, 0.15) is 12.5 Å². The summed E-state index contributed by atoms with van der Waals surface area (Å²) in [5.41, 5.74) is 2.31. The normalized spacial score (nSPS) is 17.8. The van der Waals surface area contributed by atoms with Crippen molar-refractivity contribution in [3.63, 3.8) is 0 Å². The van der Waals surface area contributed by atoms with Crippen LogP contribution in [-0.2, 0) is 15.9 Å². The fourth-order valence-corrected chi connectivity index (χ4v) is 2.12. The van der Waals surface area contributed by atoms with E-state index in [2.05, 4.69) is 17.0 Å². The van der Waals surface area contributed by atoms with Gasteiger partial charge in [0, 0.05) is 31.8 Å². The Morgan fingerprint density at radius 3 is 2.56 bits per heavy atom. The van der Waals surface area contributed by atoms with E-state index in [1.54, 1.807) is 0 Å². The Hall–Kier alpha value is -1.10. The number of aliphatic hydroxyl groups excluding tert-OH is 1. The number of nitrogens with zero attached hydrogens (tertiary/aromatic N) is 1. The number of morpholine rings is 1. The first-order valence-electron chi connectivity index (χ1n) is 6.51. The van der Waals surface area contributed by atoms with Crippen molar-refractivity contribution in [1.29, 1.82) is 0 Å². The first-order valence-corrected chi connectivity index (χ1v) is 6.51. The number of benzene rings is 1. The van der Waals surface area contributed by atoms with Gasteiger partial charge >= 0.3 is 0 Å². The van der Waals surface area contributed by atoms with Crippen LogP contribution < -0.4 is 4.90 Å². The van der Waals surface area contributed by atoms with Gasteiger partial charge in [-0.15, -0.1) is 0 Å². The maximum absolute atomic E-state index is 9.57. The number of aliphatic hydroxyl groups is 1. The average Bonchev–Trinajstić information content (AvgIpc) is 2.41. The van der Waals surface area contributed by atoms with Gasteiger partial charge in [-0.05, 0) is 24.6 Å². The van der Waals surface area contributed by atoms with Crippen LogP contribution >= 0.6 is 0 Å². The molecule has 0 radical (unpaired) electrons. The Morgan fingerprint density at radius 1 is 1.28 bits per heavy atom. The van der Waals surface area contributed by atoms with E-state index in [4.69, 9.17) is 9.47 Å². The van der Waals surface area contributed by atoms with Crippen LogP contribution in [0.5, 0.6) is 0 Å². The van der Waals surface area contributed by atoms with E-state index in [9.17, 15) is 5.11 Å². The van der Waals surface area contributed by atoms with E-state index in [0.29, 0.717) is 13.0 Å². The Bertz CT molecular complexity index is 347. The first kappa shape index (κ1) is 13.3. The van der Waals surface area contributed by atoms with Gasteiger partial charge in [-0.1, -0.05) is 12.1 Å². The lowest BCUT2D eigenvalue weighted by molar-refractivity contribution is -0.0927. The highest BCUT2D eigenvalue weighted by Crippen LogP contribution is 2.17. The second-order valence-corrected chi connectivity index (χ2v) is 4.38. The molecule has 1 aliphatic heterocycles. The van der Waals surface area contributed by atoms with Gasteiger partial charge in [-0.3, -0.25) is 0 Å². The molecule has 1 N–H and O–H groups in total. The van der Waals surface area contributed by atoms with Crippen molar-refractivity contribution >= 4 is 5.69 Å². The van der Waals surface area contributed by atoms with E-state index in [1.807, 2.05) is 19.1 Å². The predicted octanol–water partition coefficient (Wildman–Crippen LogP) is 1.42. The van der Waals surface area contributed by atoms with Crippen LogP contribution in [-0.4, -0.2) is 44.3 Å². The van der Waals surface area contributed by atoms with Crippen LogP contribution in [0, 0.1) is 0 Å². The van der Waals surface area contributed by atoms with Crippen molar-refractivity contribution in [2.75, 3.05) is 37.8 Å². The lowest BCUT2D eigenvalue weighted by atomic mass is 10.1. The summed E-state index contributed by atoms with van der Waals surface area (Å²) in [6.07, 6.45) is -0.165. The van der Waals surface area contributed by atoms with Crippen molar-refractivity contribution in [3.05, 3.63) is 29.8 Å². The third kappa shape index (κ3) is 3.70. The second-order valence-electron chi connectivity index (χ2n) is 4.38. The third-order valence-corrected chi connectivity index (χ3v) is 3.08. The van der Waals surface area contributed by atoms with Gasteiger partial charge < -0.3 is 19.5 Å². The smallest absolute Gasteiger partial charge is 0.158 e.